The molecule has 7 nitrogen and oxygen atoms in total. The van der Waals surface area contributed by atoms with Crippen molar-refractivity contribution in [2.75, 3.05) is 5.73 Å². The minimum Gasteiger partial charge on any atom is -0.484 e. The zero-order chi connectivity index (χ0) is 19.7. The average Bonchev–Trinajstić information content (AvgIpc) is 2.68. The van der Waals surface area contributed by atoms with E-state index >= 15 is 0 Å². The van der Waals surface area contributed by atoms with Gasteiger partial charge in [-0.25, -0.2) is 9.97 Å². The maximum absolute atomic E-state index is 6.17. The first-order valence-electron chi connectivity index (χ1n) is 8.62. The maximum atomic E-state index is 6.17. The van der Waals surface area contributed by atoms with Gasteiger partial charge in [0.15, 0.2) is 0 Å². The van der Waals surface area contributed by atoms with Crippen LogP contribution in [0.4, 0.5) is 5.82 Å². The smallest absolute Gasteiger partial charge is 0.139 e. The summed E-state index contributed by atoms with van der Waals surface area (Å²) in [5.74, 6) is 0.905. The highest BCUT2D eigenvalue weighted by atomic mass is 35.5. The van der Waals surface area contributed by atoms with Crippen molar-refractivity contribution in [3.05, 3.63) is 65.7 Å². The van der Waals surface area contributed by atoms with Gasteiger partial charge in [0.2, 0.25) is 0 Å². The lowest BCUT2D eigenvalue weighted by Gasteiger charge is -2.17. The van der Waals surface area contributed by atoms with E-state index < -0.39 is 0 Å². The van der Waals surface area contributed by atoms with E-state index in [2.05, 4.69) is 24.9 Å². The van der Waals surface area contributed by atoms with Crippen molar-refractivity contribution in [1.82, 2.24) is 24.9 Å². The summed E-state index contributed by atoms with van der Waals surface area (Å²) in [6, 6.07) is 5.58. The van der Waals surface area contributed by atoms with Crippen LogP contribution in [0.15, 0.2) is 49.3 Å². The topological polar surface area (TPSA) is 99.7 Å². The van der Waals surface area contributed by atoms with Crippen LogP contribution in [0.25, 0.3) is 22.0 Å². The van der Waals surface area contributed by atoms with Crippen molar-refractivity contribution in [3.8, 4) is 16.9 Å². The molecule has 0 fully saturated rings. The Bertz CT molecular complexity index is 1170. The first kappa shape index (κ1) is 18.1. The molecule has 8 heteroatoms. The number of halogens is 1. The highest BCUT2D eigenvalue weighted by molar-refractivity contribution is 6.30. The minimum absolute atomic E-state index is 0.325. The number of anilines is 1. The molecule has 0 amide bonds. The van der Waals surface area contributed by atoms with Crippen LogP contribution < -0.4 is 10.5 Å². The zero-order valence-corrected chi connectivity index (χ0v) is 16.1. The molecule has 2 N–H and O–H groups in total. The molecule has 140 valence electrons. The Kier molecular flexibility index (Phi) is 4.75. The highest BCUT2D eigenvalue weighted by Gasteiger charge is 2.17. The molecule has 0 bridgehead atoms. The third-order valence-electron chi connectivity index (χ3n) is 4.29. The molecule has 1 atom stereocenters. The quantitative estimate of drug-likeness (QED) is 0.556. The van der Waals surface area contributed by atoms with E-state index in [0.29, 0.717) is 27.5 Å². The molecule has 0 saturated heterocycles. The number of ether oxygens (including phenoxy) is 1. The number of nitrogen functional groups attached to an aromatic ring is 1. The van der Waals surface area contributed by atoms with Crippen LogP contribution >= 0.6 is 11.6 Å². The standard InChI is InChI=1S/C20H17ClN6O/c1-11-6-23-9-16(27-11)12(2)28-17-4-3-15(13-5-14(21)8-24-7-13)19-18(17)20(22)26-10-25-19/h3-10,12H,1-2H3,(H2,22,25,26)/t12-/m1/s1. The van der Waals surface area contributed by atoms with Gasteiger partial charge in [-0.05, 0) is 32.0 Å². The van der Waals surface area contributed by atoms with Crippen LogP contribution in [0.5, 0.6) is 5.75 Å². The summed E-state index contributed by atoms with van der Waals surface area (Å²) >= 11 is 6.10. The van der Waals surface area contributed by atoms with Gasteiger partial charge in [-0.2, -0.15) is 0 Å². The van der Waals surface area contributed by atoms with Crippen molar-refractivity contribution >= 4 is 28.3 Å². The second kappa shape index (κ2) is 7.36. The average molecular weight is 393 g/mol. The predicted molar refractivity (Wildman–Crippen MR) is 108 cm³/mol. The third-order valence-corrected chi connectivity index (χ3v) is 4.50. The fourth-order valence-corrected chi connectivity index (χ4v) is 3.16. The van der Waals surface area contributed by atoms with E-state index in [-0.39, 0.29) is 6.10 Å². The number of hydrogen-bond acceptors (Lipinski definition) is 7. The lowest BCUT2D eigenvalue weighted by molar-refractivity contribution is 0.224. The molecule has 0 aliphatic rings. The second-order valence-corrected chi connectivity index (χ2v) is 6.77. The first-order chi connectivity index (χ1) is 13.5. The Morgan fingerprint density at radius 3 is 2.68 bits per heavy atom. The summed E-state index contributed by atoms with van der Waals surface area (Å²) in [6.07, 6.45) is 7.80. The van der Waals surface area contributed by atoms with Crippen molar-refractivity contribution in [2.45, 2.75) is 20.0 Å². The molecule has 3 aromatic heterocycles. The van der Waals surface area contributed by atoms with Crippen LogP contribution in [0.2, 0.25) is 5.02 Å². The van der Waals surface area contributed by atoms with E-state index in [4.69, 9.17) is 22.1 Å². The Hall–Kier alpha value is -3.32. The summed E-state index contributed by atoms with van der Waals surface area (Å²) in [5.41, 5.74) is 10.1. The van der Waals surface area contributed by atoms with Crippen molar-refractivity contribution in [3.63, 3.8) is 0 Å². The van der Waals surface area contributed by atoms with Crippen molar-refractivity contribution in [2.24, 2.45) is 0 Å². The van der Waals surface area contributed by atoms with Crippen LogP contribution in [0.1, 0.15) is 24.4 Å². The summed E-state index contributed by atoms with van der Waals surface area (Å²) in [5, 5.41) is 1.17. The van der Waals surface area contributed by atoms with Crippen molar-refractivity contribution in [1.29, 1.82) is 0 Å². The largest absolute Gasteiger partial charge is 0.484 e. The Morgan fingerprint density at radius 1 is 1.07 bits per heavy atom. The van der Waals surface area contributed by atoms with Gasteiger partial charge in [0.25, 0.3) is 0 Å². The van der Waals surface area contributed by atoms with E-state index in [1.54, 1.807) is 24.8 Å². The number of benzene rings is 1. The summed E-state index contributed by atoms with van der Waals surface area (Å²) in [6.45, 7) is 3.79. The number of fused-ring (bicyclic) bond motifs is 1. The van der Waals surface area contributed by atoms with E-state index in [9.17, 15) is 0 Å². The van der Waals surface area contributed by atoms with Crippen molar-refractivity contribution < 1.29 is 4.74 Å². The van der Waals surface area contributed by atoms with Gasteiger partial charge in [-0.15, -0.1) is 0 Å². The molecule has 0 aliphatic heterocycles. The molecule has 4 rings (SSSR count). The second-order valence-electron chi connectivity index (χ2n) is 6.33. The van der Waals surface area contributed by atoms with E-state index in [1.165, 1.54) is 6.33 Å². The molecule has 3 heterocycles. The monoisotopic (exact) mass is 392 g/mol. The number of nitrogens with zero attached hydrogens (tertiary/aromatic N) is 5. The summed E-state index contributed by atoms with van der Waals surface area (Å²) in [4.78, 5) is 21.4. The molecule has 0 spiro atoms. The predicted octanol–water partition coefficient (Wildman–Crippen LogP) is 4.17. The van der Waals surface area contributed by atoms with Crippen LogP contribution in [-0.2, 0) is 0 Å². The molecule has 0 aliphatic carbocycles. The van der Waals surface area contributed by atoms with Gasteiger partial charge in [-0.1, -0.05) is 11.6 Å². The SMILES string of the molecule is Cc1cncc([C@@H](C)Oc2ccc(-c3cncc(Cl)c3)c3ncnc(N)c23)n1. The Balaban J connectivity index is 1.81. The molecule has 4 aromatic rings. The van der Waals surface area contributed by atoms with E-state index in [0.717, 1.165) is 22.5 Å². The van der Waals surface area contributed by atoms with Crippen LogP contribution in [0, 0.1) is 6.92 Å². The molecule has 0 radical (unpaired) electrons. The number of hydrogen-bond donors (Lipinski definition) is 1. The fraction of sp³-hybridized carbons (Fsp3) is 0.150. The first-order valence-corrected chi connectivity index (χ1v) is 9.00. The van der Waals surface area contributed by atoms with Gasteiger partial charge >= 0.3 is 0 Å². The molecule has 0 unspecified atom stereocenters. The van der Waals surface area contributed by atoms with Gasteiger partial charge in [0.05, 0.1) is 33.5 Å². The third kappa shape index (κ3) is 3.44. The maximum Gasteiger partial charge on any atom is 0.139 e. The Labute approximate surface area is 166 Å². The summed E-state index contributed by atoms with van der Waals surface area (Å²) in [7, 11) is 0. The number of nitrogens with two attached hydrogens (primary N) is 1. The molecular weight excluding hydrogens is 376 g/mol. The minimum atomic E-state index is -0.325. The lowest BCUT2D eigenvalue weighted by Crippen LogP contribution is -2.08. The normalized spacial score (nSPS) is 12.1. The highest BCUT2D eigenvalue weighted by Crippen LogP contribution is 2.37. The van der Waals surface area contributed by atoms with Crippen LogP contribution in [0.3, 0.4) is 0 Å². The molecular formula is C20H17ClN6O. The van der Waals surface area contributed by atoms with Crippen LogP contribution in [-0.4, -0.2) is 24.9 Å². The number of pyridine rings is 1. The van der Waals surface area contributed by atoms with Gasteiger partial charge in [0.1, 0.15) is 24.0 Å². The lowest BCUT2D eigenvalue weighted by atomic mass is 10.0. The molecule has 1 aromatic carbocycles. The Morgan fingerprint density at radius 2 is 1.89 bits per heavy atom. The number of aromatic nitrogens is 5. The summed E-state index contributed by atoms with van der Waals surface area (Å²) < 4.78 is 6.16. The van der Waals surface area contributed by atoms with Gasteiger partial charge in [-0.3, -0.25) is 15.0 Å². The zero-order valence-electron chi connectivity index (χ0n) is 15.3. The number of rotatable bonds is 4. The van der Waals surface area contributed by atoms with Gasteiger partial charge < -0.3 is 10.5 Å². The van der Waals surface area contributed by atoms with Gasteiger partial charge in [0, 0.05) is 29.7 Å². The fourth-order valence-electron chi connectivity index (χ4n) is 2.99. The van der Waals surface area contributed by atoms with E-state index in [1.807, 2.05) is 32.0 Å². The molecule has 0 saturated carbocycles. The molecule has 28 heavy (non-hydrogen) atoms. The number of aryl methyl sites for hydroxylation is 1.